The number of aromatic nitrogens is 1. The number of nitrogen functional groups attached to an aromatic ring is 1. The van der Waals surface area contributed by atoms with Crippen LogP contribution < -0.4 is 15.8 Å². The summed E-state index contributed by atoms with van der Waals surface area (Å²) in [4.78, 5) is 4.09. The van der Waals surface area contributed by atoms with E-state index >= 15 is 0 Å². The van der Waals surface area contributed by atoms with Crippen molar-refractivity contribution in [1.29, 1.82) is 0 Å². The molecule has 1 atom stereocenters. The molecule has 2 rings (SSSR count). The van der Waals surface area contributed by atoms with Gasteiger partial charge in [0.25, 0.3) is 0 Å². The number of hydrogen-bond donors (Lipinski definition) is 2. The van der Waals surface area contributed by atoms with Crippen molar-refractivity contribution in [1.82, 2.24) is 10.3 Å². The predicted molar refractivity (Wildman–Crippen MR) is 77.6 cm³/mol. The van der Waals surface area contributed by atoms with Crippen LogP contribution in [0.4, 0.5) is 5.82 Å². The Bertz CT molecular complexity index is 557. The largest absolute Gasteiger partial charge is 0.497 e. The average Bonchev–Trinajstić information content (AvgIpc) is 2.44. The molecule has 0 bridgehead atoms. The zero-order chi connectivity index (χ0) is 13.8. The molecule has 100 valence electrons. The molecule has 1 heterocycles. The summed E-state index contributed by atoms with van der Waals surface area (Å²) < 4.78 is 5.15. The molecule has 3 N–H and O–H groups in total. The standard InChI is InChI=1S/C14H16ClN3O/c1-17-13(9-3-5-11(19-2)6-4-9)12-7-10(15)8-18-14(12)16/h3-8,13,17H,1-2H3,(H2,16,18). The Morgan fingerprint density at radius 1 is 1.32 bits per heavy atom. The maximum absolute atomic E-state index is 5.99. The fourth-order valence-corrected chi connectivity index (χ4v) is 2.16. The number of benzene rings is 1. The highest BCUT2D eigenvalue weighted by Crippen LogP contribution is 2.28. The molecule has 0 amide bonds. The van der Waals surface area contributed by atoms with Crippen LogP contribution in [0.25, 0.3) is 0 Å². The molecule has 0 aliphatic heterocycles. The summed E-state index contributed by atoms with van der Waals surface area (Å²) in [5.41, 5.74) is 7.85. The van der Waals surface area contributed by atoms with Crippen molar-refractivity contribution in [2.24, 2.45) is 0 Å². The number of nitrogens with zero attached hydrogens (tertiary/aromatic N) is 1. The van der Waals surface area contributed by atoms with E-state index in [9.17, 15) is 0 Å². The molecule has 1 aromatic heterocycles. The zero-order valence-electron chi connectivity index (χ0n) is 10.9. The number of nitrogens with two attached hydrogens (primary N) is 1. The van der Waals surface area contributed by atoms with Gasteiger partial charge in [-0.15, -0.1) is 0 Å². The molecular weight excluding hydrogens is 262 g/mol. The first-order chi connectivity index (χ1) is 9.15. The Morgan fingerprint density at radius 2 is 2.00 bits per heavy atom. The summed E-state index contributed by atoms with van der Waals surface area (Å²) in [5.74, 6) is 1.29. The molecule has 0 fully saturated rings. The van der Waals surface area contributed by atoms with Crippen molar-refractivity contribution in [3.8, 4) is 5.75 Å². The Balaban J connectivity index is 2.40. The lowest BCUT2D eigenvalue weighted by Crippen LogP contribution is -2.19. The van der Waals surface area contributed by atoms with Gasteiger partial charge in [-0.3, -0.25) is 0 Å². The second-order valence-electron chi connectivity index (χ2n) is 4.12. The molecule has 0 aliphatic rings. The molecule has 2 aromatic rings. The quantitative estimate of drug-likeness (QED) is 0.902. The van der Waals surface area contributed by atoms with Crippen LogP contribution in [0.2, 0.25) is 5.02 Å². The fraction of sp³-hybridized carbons (Fsp3) is 0.214. The third kappa shape index (κ3) is 2.97. The van der Waals surface area contributed by atoms with E-state index in [1.165, 1.54) is 0 Å². The topological polar surface area (TPSA) is 60.2 Å². The molecule has 19 heavy (non-hydrogen) atoms. The van der Waals surface area contributed by atoms with Gasteiger partial charge in [0.15, 0.2) is 0 Å². The van der Waals surface area contributed by atoms with Gasteiger partial charge in [0, 0.05) is 11.8 Å². The van der Waals surface area contributed by atoms with Gasteiger partial charge in [-0.2, -0.15) is 0 Å². The summed E-state index contributed by atoms with van der Waals surface area (Å²) in [6.07, 6.45) is 1.54. The molecule has 1 unspecified atom stereocenters. The van der Waals surface area contributed by atoms with Crippen molar-refractivity contribution >= 4 is 17.4 Å². The van der Waals surface area contributed by atoms with E-state index in [2.05, 4.69) is 10.3 Å². The number of nitrogens with one attached hydrogen (secondary N) is 1. The molecular formula is C14H16ClN3O. The van der Waals surface area contributed by atoms with Crippen LogP contribution in [0.15, 0.2) is 36.5 Å². The van der Waals surface area contributed by atoms with Gasteiger partial charge in [-0.25, -0.2) is 4.98 Å². The lowest BCUT2D eigenvalue weighted by Gasteiger charge is -2.19. The average molecular weight is 278 g/mol. The number of ether oxygens (including phenoxy) is 1. The van der Waals surface area contributed by atoms with E-state index in [-0.39, 0.29) is 6.04 Å². The highest BCUT2D eigenvalue weighted by atomic mass is 35.5. The van der Waals surface area contributed by atoms with Gasteiger partial charge in [0.2, 0.25) is 0 Å². The normalized spacial score (nSPS) is 12.2. The first-order valence-corrected chi connectivity index (χ1v) is 6.25. The van der Waals surface area contributed by atoms with Gasteiger partial charge < -0.3 is 15.8 Å². The third-order valence-electron chi connectivity index (χ3n) is 2.96. The Labute approximate surface area is 117 Å². The fourth-order valence-electron chi connectivity index (χ4n) is 1.99. The van der Waals surface area contributed by atoms with E-state index in [1.54, 1.807) is 13.3 Å². The third-order valence-corrected chi connectivity index (χ3v) is 3.17. The SMILES string of the molecule is CNC(c1ccc(OC)cc1)c1cc(Cl)cnc1N. The Morgan fingerprint density at radius 3 is 2.58 bits per heavy atom. The number of methoxy groups -OCH3 is 1. The zero-order valence-corrected chi connectivity index (χ0v) is 11.6. The van der Waals surface area contributed by atoms with Crippen LogP contribution in [-0.2, 0) is 0 Å². The number of hydrogen-bond acceptors (Lipinski definition) is 4. The predicted octanol–water partition coefficient (Wildman–Crippen LogP) is 2.63. The van der Waals surface area contributed by atoms with Gasteiger partial charge in [-0.1, -0.05) is 23.7 Å². The van der Waals surface area contributed by atoms with Gasteiger partial charge in [-0.05, 0) is 30.8 Å². The number of halogens is 1. The van der Waals surface area contributed by atoms with E-state index < -0.39 is 0 Å². The molecule has 4 nitrogen and oxygen atoms in total. The van der Waals surface area contributed by atoms with Gasteiger partial charge in [0.05, 0.1) is 18.2 Å². The molecule has 0 saturated heterocycles. The van der Waals surface area contributed by atoms with Crippen molar-refractivity contribution < 1.29 is 4.74 Å². The summed E-state index contributed by atoms with van der Waals surface area (Å²) in [5, 5.41) is 3.79. The van der Waals surface area contributed by atoms with Crippen molar-refractivity contribution in [3.05, 3.63) is 52.7 Å². The first kappa shape index (κ1) is 13.6. The van der Waals surface area contributed by atoms with Crippen LogP contribution in [0.3, 0.4) is 0 Å². The van der Waals surface area contributed by atoms with Gasteiger partial charge >= 0.3 is 0 Å². The Kier molecular flexibility index (Phi) is 4.24. The monoisotopic (exact) mass is 277 g/mol. The van der Waals surface area contributed by atoms with Crippen LogP contribution >= 0.6 is 11.6 Å². The molecule has 5 heteroatoms. The molecule has 0 spiro atoms. The van der Waals surface area contributed by atoms with Crippen LogP contribution in [0, 0.1) is 0 Å². The number of rotatable bonds is 4. The van der Waals surface area contributed by atoms with E-state index in [0.29, 0.717) is 10.8 Å². The maximum atomic E-state index is 5.99. The maximum Gasteiger partial charge on any atom is 0.128 e. The van der Waals surface area contributed by atoms with Crippen LogP contribution in [0.1, 0.15) is 17.2 Å². The number of anilines is 1. The molecule has 1 aromatic carbocycles. The lowest BCUT2D eigenvalue weighted by molar-refractivity contribution is 0.414. The Hall–Kier alpha value is -1.78. The highest BCUT2D eigenvalue weighted by molar-refractivity contribution is 6.30. The molecule has 0 radical (unpaired) electrons. The summed E-state index contributed by atoms with van der Waals surface area (Å²) >= 11 is 5.99. The number of pyridine rings is 1. The summed E-state index contributed by atoms with van der Waals surface area (Å²) in [6.45, 7) is 0. The van der Waals surface area contributed by atoms with E-state index in [4.69, 9.17) is 22.1 Å². The second kappa shape index (κ2) is 5.91. The van der Waals surface area contributed by atoms with Crippen LogP contribution in [0.5, 0.6) is 5.75 Å². The van der Waals surface area contributed by atoms with E-state index in [1.807, 2.05) is 37.4 Å². The molecule has 0 aliphatic carbocycles. The minimum Gasteiger partial charge on any atom is -0.497 e. The summed E-state index contributed by atoms with van der Waals surface area (Å²) in [7, 11) is 3.51. The van der Waals surface area contributed by atoms with Crippen LogP contribution in [-0.4, -0.2) is 19.1 Å². The minimum absolute atomic E-state index is 0.0582. The smallest absolute Gasteiger partial charge is 0.128 e. The van der Waals surface area contributed by atoms with Crippen molar-refractivity contribution in [2.45, 2.75) is 6.04 Å². The second-order valence-corrected chi connectivity index (χ2v) is 4.56. The minimum atomic E-state index is -0.0582. The summed E-state index contributed by atoms with van der Waals surface area (Å²) in [6, 6.07) is 9.56. The highest BCUT2D eigenvalue weighted by Gasteiger charge is 2.16. The molecule has 0 saturated carbocycles. The van der Waals surface area contributed by atoms with E-state index in [0.717, 1.165) is 16.9 Å². The first-order valence-electron chi connectivity index (χ1n) is 5.88. The lowest BCUT2D eigenvalue weighted by atomic mass is 9.99. The van der Waals surface area contributed by atoms with Crippen molar-refractivity contribution in [3.63, 3.8) is 0 Å². The van der Waals surface area contributed by atoms with Crippen molar-refractivity contribution in [2.75, 3.05) is 19.9 Å². The van der Waals surface area contributed by atoms with Gasteiger partial charge in [0.1, 0.15) is 11.6 Å².